The normalized spacial score (nSPS) is 16.3. The van der Waals surface area contributed by atoms with Crippen LogP contribution in [0.4, 0.5) is 0 Å². The van der Waals surface area contributed by atoms with Gasteiger partial charge in [0.25, 0.3) is 0 Å². The SMILES string of the molecule is CC/C=C(\C(=O)c1ccccc1)N1CCCC1. The van der Waals surface area contributed by atoms with Crippen LogP contribution < -0.4 is 0 Å². The Morgan fingerprint density at radius 2 is 1.88 bits per heavy atom. The van der Waals surface area contributed by atoms with Gasteiger partial charge >= 0.3 is 0 Å². The molecule has 1 aliphatic heterocycles. The van der Waals surface area contributed by atoms with E-state index in [4.69, 9.17) is 0 Å². The lowest BCUT2D eigenvalue weighted by molar-refractivity contribution is 0.0997. The van der Waals surface area contributed by atoms with E-state index in [1.165, 1.54) is 12.8 Å². The minimum Gasteiger partial charge on any atom is -0.369 e. The summed E-state index contributed by atoms with van der Waals surface area (Å²) in [6, 6.07) is 9.56. The Bertz CT molecular complexity index is 402. The molecule has 1 aromatic carbocycles. The first kappa shape index (κ1) is 11.9. The molecule has 1 heterocycles. The molecule has 0 bridgehead atoms. The van der Waals surface area contributed by atoms with E-state index >= 15 is 0 Å². The molecule has 0 saturated carbocycles. The van der Waals surface area contributed by atoms with E-state index in [1.54, 1.807) is 0 Å². The molecule has 0 amide bonds. The monoisotopic (exact) mass is 229 g/mol. The van der Waals surface area contributed by atoms with Crippen molar-refractivity contribution >= 4 is 5.78 Å². The van der Waals surface area contributed by atoms with Crippen molar-refractivity contribution in [2.75, 3.05) is 13.1 Å². The average Bonchev–Trinajstić information content (AvgIpc) is 2.90. The number of Topliss-reactive ketones (excluding diaryl/α,β-unsaturated/α-hetero) is 1. The highest BCUT2D eigenvalue weighted by atomic mass is 16.1. The van der Waals surface area contributed by atoms with Gasteiger partial charge in [-0.1, -0.05) is 43.3 Å². The lowest BCUT2D eigenvalue weighted by Crippen LogP contribution is -2.24. The minimum atomic E-state index is 0.161. The lowest BCUT2D eigenvalue weighted by Gasteiger charge is -2.20. The molecular weight excluding hydrogens is 210 g/mol. The number of hydrogen-bond donors (Lipinski definition) is 0. The maximum Gasteiger partial charge on any atom is 0.208 e. The number of carbonyl (C=O) groups is 1. The van der Waals surface area contributed by atoms with Gasteiger partial charge in [0.2, 0.25) is 5.78 Å². The Morgan fingerprint density at radius 1 is 1.24 bits per heavy atom. The highest BCUT2D eigenvalue weighted by Crippen LogP contribution is 2.19. The van der Waals surface area contributed by atoms with Crippen molar-refractivity contribution in [2.45, 2.75) is 26.2 Å². The summed E-state index contributed by atoms with van der Waals surface area (Å²) in [6.07, 6.45) is 5.36. The molecule has 0 atom stereocenters. The number of allylic oxidation sites excluding steroid dienone is 2. The van der Waals surface area contributed by atoms with Crippen LogP contribution in [0.2, 0.25) is 0 Å². The third-order valence-corrected chi connectivity index (χ3v) is 3.11. The smallest absolute Gasteiger partial charge is 0.208 e. The van der Waals surface area contributed by atoms with Gasteiger partial charge in [0.05, 0.1) is 5.70 Å². The Labute approximate surface area is 103 Å². The van der Waals surface area contributed by atoms with Crippen LogP contribution in [-0.4, -0.2) is 23.8 Å². The zero-order valence-electron chi connectivity index (χ0n) is 10.4. The first-order valence-electron chi connectivity index (χ1n) is 6.37. The molecule has 1 fully saturated rings. The van der Waals surface area contributed by atoms with Gasteiger partial charge in [-0.2, -0.15) is 0 Å². The van der Waals surface area contributed by atoms with Crippen molar-refractivity contribution in [1.82, 2.24) is 4.90 Å². The van der Waals surface area contributed by atoms with E-state index in [0.29, 0.717) is 0 Å². The first-order valence-corrected chi connectivity index (χ1v) is 6.37. The molecule has 1 aliphatic rings. The summed E-state index contributed by atoms with van der Waals surface area (Å²) in [5, 5.41) is 0. The fourth-order valence-electron chi connectivity index (χ4n) is 2.25. The Morgan fingerprint density at radius 3 is 2.47 bits per heavy atom. The quantitative estimate of drug-likeness (QED) is 0.583. The van der Waals surface area contributed by atoms with Crippen LogP contribution in [0.25, 0.3) is 0 Å². The molecule has 0 aliphatic carbocycles. The Balaban J connectivity index is 2.22. The van der Waals surface area contributed by atoms with Crippen LogP contribution in [0.5, 0.6) is 0 Å². The van der Waals surface area contributed by atoms with Gasteiger partial charge < -0.3 is 4.90 Å². The molecular formula is C15H19NO. The molecule has 2 rings (SSSR count). The molecule has 0 aromatic heterocycles. The summed E-state index contributed by atoms with van der Waals surface area (Å²) < 4.78 is 0. The second kappa shape index (κ2) is 5.67. The molecule has 0 N–H and O–H groups in total. The zero-order valence-corrected chi connectivity index (χ0v) is 10.4. The van der Waals surface area contributed by atoms with Gasteiger partial charge in [-0.25, -0.2) is 0 Å². The van der Waals surface area contributed by atoms with E-state index in [-0.39, 0.29) is 5.78 Å². The summed E-state index contributed by atoms with van der Waals surface area (Å²) in [4.78, 5) is 14.6. The maximum absolute atomic E-state index is 12.4. The van der Waals surface area contributed by atoms with Gasteiger partial charge in [0.1, 0.15) is 0 Å². The van der Waals surface area contributed by atoms with Crippen molar-refractivity contribution in [2.24, 2.45) is 0 Å². The largest absolute Gasteiger partial charge is 0.369 e. The number of benzene rings is 1. The van der Waals surface area contributed by atoms with Crippen molar-refractivity contribution in [1.29, 1.82) is 0 Å². The predicted molar refractivity (Wildman–Crippen MR) is 70.0 cm³/mol. The van der Waals surface area contributed by atoms with Gasteiger partial charge in [0, 0.05) is 18.7 Å². The van der Waals surface area contributed by atoms with Crippen LogP contribution in [-0.2, 0) is 0 Å². The molecule has 2 nitrogen and oxygen atoms in total. The molecule has 0 unspecified atom stereocenters. The van der Waals surface area contributed by atoms with Gasteiger partial charge in [-0.3, -0.25) is 4.79 Å². The van der Waals surface area contributed by atoms with E-state index in [1.807, 2.05) is 30.3 Å². The molecule has 1 aromatic rings. The van der Waals surface area contributed by atoms with Gasteiger partial charge in [0.15, 0.2) is 0 Å². The second-order valence-corrected chi connectivity index (χ2v) is 4.39. The average molecular weight is 229 g/mol. The number of ketones is 1. The summed E-state index contributed by atoms with van der Waals surface area (Å²) in [5.74, 6) is 0.161. The van der Waals surface area contributed by atoms with E-state index in [9.17, 15) is 4.79 Å². The topological polar surface area (TPSA) is 20.3 Å². The lowest BCUT2D eigenvalue weighted by atomic mass is 10.1. The molecule has 0 radical (unpaired) electrons. The summed E-state index contributed by atoms with van der Waals surface area (Å²) in [6.45, 7) is 4.11. The number of rotatable bonds is 4. The number of hydrogen-bond acceptors (Lipinski definition) is 2. The van der Waals surface area contributed by atoms with Crippen LogP contribution in [0.1, 0.15) is 36.5 Å². The number of likely N-dealkylation sites (tertiary alicyclic amines) is 1. The fourth-order valence-corrected chi connectivity index (χ4v) is 2.25. The molecule has 17 heavy (non-hydrogen) atoms. The van der Waals surface area contributed by atoms with E-state index in [2.05, 4.69) is 17.9 Å². The van der Waals surface area contributed by atoms with E-state index in [0.717, 1.165) is 30.8 Å². The summed E-state index contributed by atoms with van der Waals surface area (Å²) >= 11 is 0. The third-order valence-electron chi connectivity index (χ3n) is 3.11. The second-order valence-electron chi connectivity index (χ2n) is 4.39. The van der Waals surface area contributed by atoms with Crippen molar-refractivity contribution in [3.63, 3.8) is 0 Å². The van der Waals surface area contributed by atoms with Crippen LogP contribution >= 0.6 is 0 Å². The molecule has 90 valence electrons. The molecule has 0 spiro atoms. The maximum atomic E-state index is 12.4. The standard InChI is InChI=1S/C15H19NO/c1-2-8-14(16-11-6-7-12-16)15(17)13-9-4-3-5-10-13/h3-5,8-10H,2,6-7,11-12H2,1H3/b14-8+. The Hall–Kier alpha value is -1.57. The fraction of sp³-hybridized carbons (Fsp3) is 0.400. The summed E-state index contributed by atoms with van der Waals surface area (Å²) in [5.41, 5.74) is 1.68. The van der Waals surface area contributed by atoms with Crippen LogP contribution in [0.3, 0.4) is 0 Å². The Kier molecular flexibility index (Phi) is 3.97. The van der Waals surface area contributed by atoms with Gasteiger partial charge in [-0.05, 0) is 19.3 Å². The van der Waals surface area contributed by atoms with Crippen molar-refractivity contribution < 1.29 is 4.79 Å². The third kappa shape index (κ3) is 2.76. The van der Waals surface area contributed by atoms with Crippen molar-refractivity contribution in [3.8, 4) is 0 Å². The zero-order chi connectivity index (χ0) is 12.1. The summed E-state index contributed by atoms with van der Waals surface area (Å²) in [7, 11) is 0. The van der Waals surface area contributed by atoms with Crippen LogP contribution in [0, 0.1) is 0 Å². The predicted octanol–water partition coefficient (Wildman–Crippen LogP) is 3.26. The first-order chi connectivity index (χ1) is 8.33. The minimum absolute atomic E-state index is 0.161. The number of carbonyl (C=O) groups excluding carboxylic acids is 1. The highest BCUT2D eigenvalue weighted by molar-refractivity contribution is 6.08. The molecule has 1 saturated heterocycles. The number of nitrogens with zero attached hydrogens (tertiary/aromatic N) is 1. The van der Waals surface area contributed by atoms with Crippen molar-refractivity contribution in [3.05, 3.63) is 47.7 Å². The van der Waals surface area contributed by atoms with Crippen LogP contribution in [0.15, 0.2) is 42.1 Å². The highest BCUT2D eigenvalue weighted by Gasteiger charge is 2.21. The molecule has 2 heteroatoms. The van der Waals surface area contributed by atoms with Gasteiger partial charge in [-0.15, -0.1) is 0 Å². The van der Waals surface area contributed by atoms with E-state index < -0.39 is 0 Å².